The molecule has 1 aliphatic rings. The SMILES string of the molecule is CC1CCC(NC(=O)Nc2cccc(CSc3ccccn3)c2)CC1. The minimum absolute atomic E-state index is 0.103. The van der Waals surface area contributed by atoms with E-state index in [2.05, 4.69) is 28.6 Å². The lowest BCUT2D eigenvalue weighted by Crippen LogP contribution is -2.39. The first-order valence-electron chi connectivity index (χ1n) is 8.89. The first-order chi connectivity index (χ1) is 12.2. The highest BCUT2D eigenvalue weighted by atomic mass is 32.2. The molecule has 2 N–H and O–H groups in total. The zero-order chi connectivity index (χ0) is 17.5. The molecule has 4 nitrogen and oxygen atoms in total. The zero-order valence-corrected chi connectivity index (χ0v) is 15.4. The Bertz CT molecular complexity index is 684. The number of hydrogen-bond acceptors (Lipinski definition) is 3. The summed E-state index contributed by atoms with van der Waals surface area (Å²) in [6.07, 6.45) is 6.36. The Kier molecular flexibility index (Phi) is 6.34. The van der Waals surface area contributed by atoms with Crippen LogP contribution in [0.5, 0.6) is 0 Å². The summed E-state index contributed by atoms with van der Waals surface area (Å²) in [5.74, 6) is 1.61. The van der Waals surface area contributed by atoms with Gasteiger partial charge >= 0.3 is 6.03 Å². The van der Waals surface area contributed by atoms with E-state index in [9.17, 15) is 4.79 Å². The molecule has 132 valence electrons. The molecule has 1 aromatic carbocycles. The van der Waals surface area contributed by atoms with Crippen molar-refractivity contribution in [3.63, 3.8) is 0 Å². The van der Waals surface area contributed by atoms with E-state index < -0.39 is 0 Å². The van der Waals surface area contributed by atoms with Gasteiger partial charge in [-0.2, -0.15) is 0 Å². The Morgan fingerprint density at radius 1 is 1.16 bits per heavy atom. The predicted molar refractivity (Wildman–Crippen MR) is 104 cm³/mol. The summed E-state index contributed by atoms with van der Waals surface area (Å²) in [6.45, 7) is 2.28. The van der Waals surface area contributed by atoms with E-state index in [0.717, 1.165) is 35.2 Å². The van der Waals surface area contributed by atoms with Crippen molar-refractivity contribution in [2.45, 2.75) is 49.4 Å². The van der Waals surface area contributed by atoms with E-state index in [1.807, 2.05) is 36.4 Å². The number of rotatable bonds is 5. The van der Waals surface area contributed by atoms with Crippen molar-refractivity contribution >= 4 is 23.5 Å². The van der Waals surface area contributed by atoms with E-state index in [4.69, 9.17) is 0 Å². The number of thioether (sulfide) groups is 1. The fourth-order valence-corrected chi connectivity index (χ4v) is 3.89. The summed E-state index contributed by atoms with van der Waals surface area (Å²) in [7, 11) is 0. The van der Waals surface area contributed by atoms with Gasteiger partial charge in [-0.15, -0.1) is 11.8 Å². The lowest BCUT2D eigenvalue weighted by molar-refractivity contribution is 0.239. The molecule has 1 saturated carbocycles. The van der Waals surface area contributed by atoms with Crippen molar-refractivity contribution in [3.05, 3.63) is 54.2 Å². The normalized spacial score (nSPS) is 20.0. The van der Waals surface area contributed by atoms with E-state index in [0.29, 0.717) is 6.04 Å². The maximum absolute atomic E-state index is 12.2. The second-order valence-corrected chi connectivity index (χ2v) is 7.71. The molecule has 0 atom stereocenters. The van der Waals surface area contributed by atoms with Gasteiger partial charge in [0, 0.05) is 23.7 Å². The molecule has 5 heteroatoms. The molecular formula is C20H25N3OS. The summed E-state index contributed by atoms with van der Waals surface area (Å²) in [5, 5.41) is 7.07. The monoisotopic (exact) mass is 355 g/mol. The predicted octanol–water partition coefficient (Wildman–Crippen LogP) is 5.07. The van der Waals surface area contributed by atoms with Crippen LogP contribution in [0.15, 0.2) is 53.7 Å². The Morgan fingerprint density at radius 2 is 2.00 bits per heavy atom. The molecule has 25 heavy (non-hydrogen) atoms. The van der Waals surface area contributed by atoms with Gasteiger partial charge in [0.05, 0.1) is 5.03 Å². The van der Waals surface area contributed by atoms with Crippen LogP contribution >= 0.6 is 11.8 Å². The number of urea groups is 1. The number of carbonyl (C=O) groups excluding carboxylic acids is 1. The highest BCUT2D eigenvalue weighted by Gasteiger charge is 2.19. The molecular weight excluding hydrogens is 330 g/mol. The van der Waals surface area contributed by atoms with Gasteiger partial charge in [0.25, 0.3) is 0 Å². The van der Waals surface area contributed by atoms with Gasteiger partial charge in [-0.25, -0.2) is 9.78 Å². The quantitative estimate of drug-likeness (QED) is 0.736. The molecule has 0 radical (unpaired) electrons. The number of aromatic nitrogens is 1. The topological polar surface area (TPSA) is 54.0 Å². The number of pyridine rings is 1. The molecule has 1 aliphatic carbocycles. The lowest BCUT2D eigenvalue weighted by atomic mass is 9.87. The van der Waals surface area contributed by atoms with E-state index in [-0.39, 0.29) is 6.03 Å². The number of anilines is 1. The van der Waals surface area contributed by atoms with Crippen molar-refractivity contribution < 1.29 is 4.79 Å². The summed E-state index contributed by atoms with van der Waals surface area (Å²) in [6, 6.07) is 14.1. The van der Waals surface area contributed by atoms with Crippen LogP contribution < -0.4 is 10.6 Å². The third kappa shape index (κ3) is 5.78. The summed E-state index contributed by atoms with van der Waals surface area (Å²) >= 11 is 1.69. The van der Waals surface area contributed by atoms with Crippen LogP contribution in [-0.4, -0.2) is 17.1 Å². The number of nitrogens with zero attached hydrogens (tertiary/aromatic N) is 1. The molecule has 3 rings (SSSR count). The zero-order valence-electron chi connectivity index (χ0n) is 14.6. The first kappa shape index (κ1) is 17.8. The smallest absolute Gasteiger partial charge is 0.319 e. The van der Waals surface area contributed by atoms with Crippen molar-refractivity contribution in [2.24, 2.45) is 5.92 Å². The summed E-state index contributed by atoms with van der Waals surface area (Å²) in [5.41, 5.74) is 2.00. The van der Waals surface area contributed by atoms with Crippen LogP contribution in [0.2, 0.25) is 0 Å². The molecule has 1 fully saturated rings. The maximum Gasteiger partial charge on any atom is 0.319 e. The largest absolute Gasteiger partial charge is 0.335 e. The highest BCUT2D eigenvalue weighted by molar-refractivity contribution is 7.98. The number of benzene rings is 1. The number of hydrogen-bond donors (Lipinski definition) is 2. The fourth-order valence-electron chi connectivity index (χ4n) is 3.09. The third-order valence-electron chi connectivity index (χ3n) is 4.56. The van der Waals surface area contributed by atoms with Crippen LogP contribution in [0.1, 0.15) is 38.2 Å². The van der Waals surface area contributed by atoms with Crippen molar-refractivity contribution in [3.8, 4) is 0 Å². The van der Waals surface area contributed by atoms with Crippen LogP contribution in [0.3, 0.4) is 0 Å². The van der Waals surface area contributed by atoms with Crippen LogP contribution in [0, 0.1) is 5.92 Å². The lowest BCUT2D eigenvalue weighted by Gasteiger charge is -2.26. The molecule has 0 bridgehead atoms. The molecule has 1 aromatic heterocycles. The van der Waals surface area contributed by atoms with E-state index in [1.165, 1.54) is 18.4 Å². The summed E-state index contributed by atoms with van der Waals surface area (Å²) in [4.78, 5) is 16.5. The molecule has 0 spiro atoms. The molecule has 0 saturated heterocycles. The molecule has 1 heterocycles. The number of nitrogens with one attached hydrogen (secondary N) is 2. The average Bonchev–Trinajstić information content (AvgIpc) is 2.63. The van der Waals surface area contributed by atoms with Crippen molar-refractivity contribution in [2.75, 3.05) is 5.32 Å². The van der Waals surface area contributed by atoms with Crippen LogP contribution in [0.4, 0.5) is 10.5 Å². The van der Waals surface area contributed by atoms with E-state index in [1.54, 1.807) is 18.0 Å². The van der Waals surface area contributed by atoms with Gasteiger partial charge in [-0.05, 0) is 61.4 Å². The van der Waals surface area contributed by atoms with Crippen molar-refractivity contribution in [1.29, 1.82) is 0 Å². The molecule has 2 aromatic rings. The van der Waals surface area contributed by atoms with Gasteiger partial charge in [0.15, 0.2) is 0 Å². The van der Waals surface area contributed by atoms with Crippen LogP contribution in [-0.2, 0) is 5.75 Å². The molecule has 0 unspecified atom stereocenters. The van der Waals surface area contributed by atoms with Crippen molar-refractivity contribution in [1.82, 2.24) is 10.3 Å². The molecule has 2 amide bonds. The average molecular weight is 356 g/mol. The third-order valence-corrected chi connectivity index (χ3v) is 5.58. The second kappa shape index (κ2) is 8.90. The summed E-state index contributed by atoms with van der Waals surface area (Å²) < 4.78 is 0. The van der Waals surface area contributed by atoms with Gasteiger partial charge in [-0.1, -0.05) is 25.1 Å². The van der Waals surface area contributed by atoms with Gasteiger partial charge in [-0.3, -0.25) is 0 Å². The Morgan fingerprint density at radius 3 is 2.76 bits per heavy atom. The van der Waals surface area contributed by atoms with Gasteiger partial charge in [0.2, 0.25) is 0 Å². The van der Waals surface area contributed by atoms with E-state index >= 15 is 0 Å². The Balaban J connectivity index is 1.50. The highest BCUT2D eigenvalue weighted by Crippen LogP contribution is 2.24. The molecule has 0 aliphatic heterocycles. The maximum atomic E-state index is 12.2. The number of carbonyl (C=O) groups is 1. The minimum Gasteiger partial charge on any atom is -0.335 e. The number of amides is 2. The minimum atomic E-state index is -0.103. The Labute approximate surface area is 153 Å². The standard InChI is InChI=1S/C20H25N3OS/c1-15-8-10-17(11-9-15)22-20(24)23-18-6-4-5-16(13-18)14-25-19-7-2-3-12-21-19/h2-7,12-13,15,17H,8-11,14H2,1H3,(H2,22,23,24). The van der Waals surface area contributed by atoms with Crippen LogP contribution in [0.25, 0.3) is 0 Å². The van der Waals surface area contributed by atoms with Gasteiger partial charge < -0.3 is 10.6 Å². The first-order valence-corrected chi connectivity index (χ1v) is 9.88. The Hall–Kier alpha value is -2.01. The second-order valence-electron chi connectivity index (χ2n) is 6.71. The fraction of sp³-hybridized carbons (Fsp3) is 0.400. The van der Waals surface area contributed by atoms with Gasteiger partial charge in [0.1, 0.15) is 0 Å².